The van der Waals surface area contributed by atoms with E-state index >= 15 is 0 Å². The van der Waals surface area contributed by atoms with E-state index in [0.717, 1.165) is 25.2 Å². The number of nitrogens with two attached hydrogens (primary N) is 1. The number of piperidine rings is 1. The van der Waals surface area contributed by atoms with Crippen LogP contribution in [-0.2, 0) is 9.53 Å². The number of amides is 1. The predicted octanol–water partition coefficient (Wildman–Crippen LogP) is 1.33. The number of nitrogens with zero attached hydrogens (tertiary/aromatic N) is 1. The van der Waals surface area contributed by atoms with Crippen LogP contribution >= 0.6 is 0 Å². The molecule has 2 N–H and O–H groups in total. The monoisotopic (exact) mass is 246 g/mol. The average Bonchev–Trinajstić information content (AvgIpc) is 2.61. The molecule has 4 nitrogen and oxygen atoms in total. The zero-order valence-electron chi connectivity index (χ0n) is 10.6. The first-order valence-electron chi connectivity index (χ1n) is 6.35. The van der Waals surface area contributed by atoms with Crippen molar-refractivity contribution in [2.24, 2.45) is 0 Å². The second-order valence-electron chi connectivity index (χ2n) is 5.25. The van der Waals surface area contributed by atoms with Crippen LogP contribution in [0, 0.1) is 0 Å². The third kappa shape index (κ3) is 1.77. The Kier molecular flexibility index (Phi) is 2.74. The number of nitrogen functional groups attached to an aromatic ring is 1. The van der Waals surface area contributed by atoms with Gasteiger partial charge in [0.25, 0.3) is 0 Å². The summed E-state index contributed by atoms with van der Waals surface area (Å²) < 4.78 is 4.93. The number of anilines is 1. The van der Waals surface area contributed by atoms with E-state index in [1.165, 1.54) is 11.1 Å². The number of methoxy groups -OCH3 is 1. The van der Waals surface area contributed by atoms with Crippen LogP contribution in [0.15, 0.2) is 18.2 Å². The largest absolute Gasteiger partial charge is 0.399 e. The van der Waals surface area contributed by atoms with Crippen molar-refractivity contribution in [2.45, 2.75) is 18.3 Å². The Hall–Kier alpha value is -1.55. The quantitative estimate of drug-likeness (QED) is 0.801. The molecule has 1 aliphatic heterocycles. The molecule has 1 heterocycles. The molecule has 0 aromatic heterocycles. The van der Waals surface area contributed by atoms with Crippen LogP contribution in [0.1, 0.15) is 29.4 Å². The summed E-state index contributed by atoms with van der Waals surface area (Å²) in [6.07, 6.45) is 1.15. The van der Waals surface area contributed by atoms with Gasteiger partial charge in [0.15, 0.2) is 0 Å². The first-order chi connectivity index (χ1) is 8.69. The van der Waals surface area contributed by atoms with Gasteiger partial charge in [-0.05, 0) is 29.7 Å². The molecule has 2 atom stereocenters. The van der Waals surface area contributed by atoms with Crippen molar-refractivity contribution in [3.63, 3.8) is 0 Å². The lowest BCUT2D eigenvalue weighted by Gasteiger charge is -2.32. The summed E-state index contributed by atoms with van der Waals surface area (Å²) in [6, 6.07) is 6.16. The van der Waals surface area contributed by atoms with E-state index < -0.39 is 0 Å². The first kappa shape index (κ1) is 11.5. The highest BCUT2D eigenvalue weighted by Crippen LogP contribution is 2.46. The lowest BCUT2D eigenvalue weighted by Crippen LogP contribution is -2.41. The molecule has 96 valence electrons. The van der Waals surface area contributed by atoms with Crippen LogP contribution in [0.4, 0.5) is 5.69 Å². The van der Waals surface area contributed by atoms with Crippen LogP contribution in [-0.4, -0.2) is 37.6 Å². The highest BCUT2D eigenvalue weighted by atomic mass is 16.5. The second-order valence-corrected chi connectivity index (χ2v) is 5.25. The predicted molar refractivity (Wildman–Crippen MR) is 69.4 cm³/mol. The summed E-state index contributed by atoms with van der Waals surface area (Å²) in [5, 5.41) is 0. The summed E-state index contributed by atoms with van der Waals surface area (Å²) in [7, 11) is 1.56. The Bertz CT molecular complexity index is 487. The maximum atomic E-state index is 11.9. The van der Waals surface area contributed by atoms with Gasteiger partial charge in [-0.15, -0.1) is 0 Å². The summed E-state index contributed by atoms with van der Waals surface area (Å²) in [5.41, 5.74) is 9.39. The van der Waals surface area contributed by atoms with Crippen molar-refractivity contribution in [1.82, 2.24) is 4.90 Å². The molecule has 2 bridgehead atoms. The molecule has 1 aromatic carbocycles. The van der Waals surface area contributed by atoms with Gasteiger partial charge < -0.3 is 15.4 Å². The fourth-order valence-corrected chi connectivity index (χ4v) is 3.29. The molecule has 3 rings (SSSR count). The number of ether oxygens (including phenoxy) is 1. The Balaban J connectivity index is 1.85. The Morgan fingerprint density at radius 1 is 1.39 bits per heavy atom. The molecule has 0 spiro atoms. The third-order valence-corrected chi connectivity index (χ3v) is 4.06. The molecule has 0 radical (unpaired) electrons. The normalized spacial score (nSPS) is 25.1. The number of rotatable bonds is 2. The van der Waals surface area contributed by atoms with E-state index in [-0.39, 0.29) is 12.5 Å². The van der Waals surface area contributed by atoms with Crippen molar-refractivity contribution >= 4 is 11.6 Å². The third-order valence-electron chi connectivity index (χ3n) is 4.06. The van der Waals surface area contributed by atoms with E-state index in [1.807, 2.05) is 11.0 Å². The van der Waals surface area contributed by atoms with Crippen molar-refractivity contribution in [2.75, 3.05) is 32.5 Å². The smallest absolute Gasteiger partial charge is 0.248 e. The van der Waals surface area contributed by atoms with Gasteiger partial charge in [0.1, 0.15) is 6.61 Å². The number of hydrogen-bond donors (Lipinski definition) is 1. The molecule has 1 fully saturated rings. The number of fused-ring (bicyclic) bond motifs is 5. The van der Waals surface area contributed by atoms with Gasteiger partial charge in [-0.2, -0.15) is 0 Å². The number of benzene rings is 1. The van der Waals surface area contributed by atoms with Gasteiger partial charge in [-0.1, -0.05) is 6.07 Å². The maximum Gasteiger partial charge on any atom is 0.248 e. The van der Waals surface area contributed by atoms with Crippen molar-refractivity contribution in [1.29, 1.82) is 0 Å². The Morgan fingerprint density at radius 2 is 2.11 bits per heavy atom. The van der Waals surface area contributed by atoms with E-state index in [4.69, 9.17) is 10.5 Å². The summed E-state index contributed by atoms with van der Waals surface area (Å²) in [6.45, 7) is 1.79. The Labute approximate surface area is 107 Å². The molecule has 1 aromatic rings. The number of likely N-dealkylation sites (tertiary alicyclic amines) is 1. The van der Waals surface area contributed by atoms with Gasteiger partial charge in [0.2, 0.25) is 5.91 Å². The minimum Gasteiger partial charge on any atom is -0.399 e. The number of hydrogen-bond acceptors (Lipinski definition) is 3. The minimum atomic E-state index is 0.0907. The zero-order chi connectivity index (χ0) is 12.7. The molecule has 0 unspecified atom stereocenters. The molecular weight excluding hydrogens is 228 g/mol. The van der Waals surface area contributed by atoms with E-state index in [9.17, 15) is 4.79 Å². The minimum absolute atomic E-state index is 0.0907. The van der Waals surface area contributed by atoms with Crippen LogP contribution in [0.5, 0.6) is 0 Å². The SMILES string of the molecule is COCC(=O)N1C[C@H]2C[C@@H](C1)c1ccc(N)cc12. The van der Waals surface area contributed by atoms with Crippen LogP contribution < -0.4 is 5.73 Å². The standard InChI is InChI=1S/C14H18N2O2/c1-18-8-14(17)16-6-9-4-10(7-16)13-5-11(15)2-3-12(9)13/h2-3,5,9-10H,4,6-8,15H2,1H3/t9-,10+/m0/s1. The molecule has 4 heteroatoms. The van der Waals surface area contributed by atoms with E-state index in [1.54, 1.807) is 7.11 Å². The number of carbonyl (C=O) groups excluding carboxylic acids is 1. The van der Waals surface area contributed by atoms with E-state index in [2.05, 4.69) is 12.1 Å². The van der Waals surface area contributed by atoms with Gasteiger partial charge in [-0.25, -0.2) is 0 Å². The van der Waals surface area contributed by atoms with Crippen molar-refractivity contribution in [3.8, 4) is 0 Å². The van der Waals surface area contributed by atoms with Gasteiger partial charge in [-0.3, -0.25) is 4.79 Å². The fourth-order valence-electron chi connectivity index (χ4n) is 3.29. The van der Waals surface area contributed by atoms with Crippen molar-refractivity contribution < 1.29 is 9.53 Å². The average molecular weight is 246 g/mol. The summed E-state index contributed by atoms with van der Waals surface area (Å²) >= 11 is 0. The highest BCUT2D eigenvalue weighted by Gasteiger charge is 2.38. The molecule has 2 aliphatic rings. The van der Waals surface area contributed by atoms with Gasteiger partial charge >= 0.3 is 0 Å². The molecular formula is C14H18N2O2. The Morgan fingerprint density at radius 3 is 2.83 bits per heavy atom. The zero-order valence-corrected chi connectivity index (χ0v) is 10.6. The lowest BCUT2D eigenvalue weighted by molar-refractivity contribution is -0.136. The van der Waals surface area contributed by atoms with Crippen LogP contribution in [0.3, 0.4) is 0 Å². The molecule has 1 aliphatic carbocycles. The van der Waals surface area contributed by atoms with Crippen LogP contribution in [0.2, 0.25) is 0 Å². The number of carbonyl (C=O) groups is 1. The first-order valence-corrected chi connectivity index (χ1v) is 6.35. The van der Waals surface area contributed by atoms with Gasteiger partial charge in [0, 0.05) is 37.7 Å². The molecule has 1 saturated heterocycles. The summed E-state index contributed by atoms with van der Waals surface area (Å²) in [4.78, 5) is 13.8. The van der Waals surface area contributed by atoms with Crippen molar-refractivity contribution in [3.05, 3.63) is 29.3 Å². The lowest BCUT2D eigenvalue weighted by atomic mass is 9.96. The van der Waals surface area contributed by atoms with Crippen LogP contribution in [0.25, 0.3) is 0 Å². The van der Waals surface area contributed by atoms with Gasteiger partial charge in [0.05, 0.1) is 0 Å². The maximum absolute atomic E-state index is 11.9. The molecule has 0 saturated carbocycles. The summed E-state index contributed by atoms with van der Waals surface area (Å²) in [5.74, 6) is 1.01. The molecule has 18 heavy (non-hydrogen) atoms. The highest BCUT2D eigenvalue weighted by molar-refractivity contribution is 5.78. The fraction of sp³-hybridized carbons (Fsp3) is 0.500. The molecule has 1 amide bonds. The van der Waals surface area contributed by atoms with E-state index in [0.29, 0.717) is 11.8 Å². The second kappa shape index (κ2) is 4.28. The topological polar surface area (TPSA) is 55.6 Å².